The van der Waals surface area contributed by atoms with Crippen LogP contribution in [0.25, 0.3) is 0 Å². The number of Topliss-reactive ketones (excluding diaryl/α,β-unsaturated/α-hetero) is 1. The fourth-order valence-electron chi connectivity index (χ4n) is 2.69. The van der Waals surface area contributed by atoms with E-state index >= 15 is 0 Å². The van der Waals surface area contributed by atoms with E-state index < -0.39 is 32.6 Å². The number of alkyl halides is 2. The summed E-state index contributed by atoms with van der Waals surface area (Å²) in [5.74, 6) is -1.14. The van der Waals surface area contributed by atoms with Crippen LogP contribution in [0.2, 0.25) is 0 Å². The van der Waals surface area contributed by atoms with Crippen molar-refractivity contribution in [3.63, 3.8) is 0 Å². The Labute approximate surface area is 104 Å². The topological polar surface area (TPSA) is 58.2 Å². The van der Waals surface area contributed by atoms with Crippen LogP contribution in [0, 0.1) is 0 Å². The normalized spacial score (nSPS) is 56.4. The van der Waals surface area contributed by atoms with Crippen LogP contribution >= 0.6 is 23.2 Å². The lowest BCUT2D eigenvalue weighted by Crippen LogP contribution is -2.62. The fraction of sp³-hybridized carbons (Fsp3) is 0.800. The Morgan fingerprint density at radius 1 is 1.06 bits per heavy atom. The van der Waals surface area contributed by atoms with Crippen LogP contribution in [0.1, 0.15) is 27.7 Å². The van der Waals surface area contributed by atoms with Gasteiger partial charge in [-0.25, -0.2) is 0 Å². The zero-order valence-electron chi connectivity index (χ0n) is 9.57. The Morgan fingerprint density at radius 3 is 2.00 bits per heavy atom. The third kappa shape index (κ3) is 0.968. The van der Waals surface area contributed by atoms with Crippen LogP contribution in [0.4, 0.5) is 0 Å². The molecule has 2 N–H and O–H groups in total. The molecule has 0 saturated carbocycles. The molecule has 6 heteroatoms. The molecule has 4 nitrogen and oxygen atoms in total. The standard InChI is InChI=1S/C10H14Cl2N2O2/c1-7-5(15)6(16)13-9(7,3)8(2,11)10(4,12)14-7/h14H,1-4H3,(H,13,16). The van der Waals surface area contributed by atoms with Crippen molar-refractivity contribution in [1.82, 2.24) is 10.6 Å². The third-order valence-corrected chi connectivity index (χ3v) is 5.65. The van der Waals surface area contributed by atoms with Gasteiger partial charge < -0.3 is 5.32 Å². The van der Waals surface area contributed by atoms with Gasteiger partial charge in [-0.1, -0.05) is 0 Å². The zero-order chi connectivity index (χ0) is 12.6. The number of rotatable bonds is 0. The summed E-state index contributed by atoms with van der Waals surface area (Å²) >= 11 is 12.8. The lowest BCUT2D eigenvalue weighted by molar-refractivity contribution is -0.137. The highest BCUT2D eigenvalue weighted by Crippen LogP contribution is 2.55. The van der Waals surface area contributed by atoms with Gasteiger partial charge in [0.15, 0.2) is 0 Å². The number of ketones is 1. The predicted octanol–water partition coefficient (Wildman–Crippen LogP) is 0.758. The maximum Gasteiger partial charge on any atom is 0.290 e. The minimum absolute atomic E-state index is 0.522. The molecule has 4 unspecified atom stereocenters. The van der Waals surface area contributed by atoms with Crippen LogP contribution in [-0.4, -0.2) is 32.6 Å². The van der Waals surface area contributed by atoms with Crippen molar-refractivity contribution >= 4 is 34.9 Å². The Balaban J connectivity index is 2.65. The SMILES string of the molecule is CC1(Cl)NC2(C)C(=O)C(=O)NC2(C)C1(C)Cl. The first kappa shape index (κ1) is 12.1. The highest BCUT2D eigenvalue weighted by Gasteiger charge is 2.77. The molecule has 2 saturated heterocycles. The van der Waals surface area contributed by atoms with Gasteiger partial charge in [-0.15, -0.1) is 23.2 Å². The molecule has 2 rings (SSSR count). The number of carbonyl (C=O) groups is 2. The van der Waals surface area contributed by atoms with Crippen molar-refractivity contribution in [1.29, 1.82) is 0 Å². The maximum absolute atomic E-state index is 11.9. The Bertz CT molecular complexity index is 408. The monoisotopic (exact) mass is 264 g/mol. The molecule has 1 amide bonds. The van der Waals surface area contributed by atoms with E-state index in [1.54, 1.807) is 27.7 Å². The molecule has 0 aromatic rings. The van der Waals surface area contributed by atoms with Crippen LogP contribution < -0.4 is 10.6 Å². The Kier molecular flexibility index (Phi) is 2.08. The van der Waals surface area contributed by atoms with Gasteiger partial charge in [-0.05, 0) is 27.7 Å². The third-order valence-electron chi connectivity index (χ3n) is 4.33. The molecule has 4 atom stereocenters. The summed E-state index contributed by atoms with van der Waals surface area (Å²) in [4.78, 5) is 21.4. The maximum atomic E-state index is 11.9. The summed E-state index contributed by atoms with van der Waals surface area (Å²) in [7, 11) is 0. The van der Waals surface area contributed by atoms with Gasteiger partial charge >= 0.3 is 0 Å². The van der Waals surface area contributed by atoms with Crippen molar-refractivity contribution in [3.05, 3.63) is 0 Å². The summed E-state index contributed by atoms with van der Waals surface area (Å²) in [6.45, 7) is 6.82. The molecule has 2 aliphatic rings. The van der Waals surface area contributed by atoms with E-state index in [4.69, 9.17) is 23.2 Å². The minimum Gasteiger partial charge on any atom is -0.340 e. The molecule has 0 aromatic carbocycles. The van der Waals surface area contributed by atoms with E-state index in [1.165, 1.54) is 0 Å². The van der Waals surface area contributed by atoms with Gasteiger partial charge in [0.05, 0.1) is 10.4 Å². The van der Waals surface area contributed by atoms with E-state index in [0.717, 1.165) is 0 Å². The largest absolute Gasteiger partial charge is 0.340 e. The van der Waals surface area contributed by atoms with Crippen molar-refractivity contribution in [2.24, 2.45) is 0 Å². The smallest absolute Gasteiger partial charge is 0.290 e. The average Bonchev–Trinajstić information content (AvgIpc) is 2.33. The first-order valence-electron chi connectivity index (χ1n) is 5.04. The molecule has 90 valence electrons. The quantitative estimate of drug-likeness (QED) is 0.386. The number of amides is 1. The lowest BCUT2D eigenvalue weighted by Gasteiger charge is -2.41. The molecular formula is C10H14Cl2N2O2. The number of nitrogens with one attached hydrogen (secondary N) is 2. The van der Waals surface area contributed by atoms with Crippen LogP contribution in [-0.2, 0) is 9.59 Å². The van der Waals surface area contributed by atoms with E-state index in [2.05, 4.69) is 10.6 Å². The number of hydrogen-bond acceptors (Lipinski definition) is 3. The fourth-order valence-corrected chi connectivity index (χ4v) is 3.35. The zero-order valence-corrected chi connectivity index (χ0v) is 11.1. The highest BCUT2D eigenvalue weighted by molar-refractivity contribution is 6.46. The number of fused-ring (bicyclic) bond motifs is 1. The van der Waals surface area contributed by atoms with Crippen molar-refractivity contribution in [2.75, 3.05) is 0 Å². The summed E-state index contributed by atoms with van der Waals surface area (Å²) < 4.78 is 0. The summed E-state index contributed by atoms with van der Waals surface area (Å²) in [6.07, 6.45) is 0. The summed E-state index contributed by atoms with van der Waals surface area (Å²) in [6, 6.07) is 0. The van der Waals surface area contributed by atoms with Crippen LogP contribution in [0.3, 0.4) is 0 Å². The van der Waals surface area contributed by atoms with Gasteiger partial charge in [-0.3, -0.25) is 14.9 Å². The molecule has 0 radical (unpaired) electrons. The molecule has 0 bridgehead atoms. The van der Waals surface area contributed by atoms with Crippen LogP contribution in [0.15, 0.2) is 0 Å². The average molecular weight is 265 g/mol. The molecule has 0 aromatic heterocycles. The molecular weight excluding hydrogens is 251 g/mol. The second kappa shape index (κ2) is 2.74. The first-order chi connectivity index (χ1) is 7.00. The summed E-state index contributed by atoms with van der Waals surface area (Å²) in [5, 5.41) is 5.64. The lowest BCUT2D eigenvalue weighted by atomic mass is 9.75. The Morgan fingerprint density at radius 2 is 1.56 bits per heavy atom. The number of carbonyl (C=O) groups excluding carboxylic acids is 2. The second-order valence-electron chi connectivity index (χ2n) is 5.16. The van der Waals surface area contributed by atoms with Gasteiger partial charge in [0.1, 0.15) is 10.5 Å². The molecule has 0 aliphatic carbocycles. The number of hydrogen-bond donors (Lipinski definition) is 2. The van der Waals surface area contributed by atoms with Crippen LogP contribution in [0.5, 0.6) is 0 Å². The molecule has 2 fully saturated rings. The molecule has 2 heterocycles. The second-order valence-corrected chi connectivity index (χ2v) is 6.68. The van der Waals surface area contributed by atoms with Crippen molar-refractivity contribution in [2.45, 2.75) is 48.6 Å². The molecule has 16 heavy (non-hydrogen) atoms. The minimum atomic E-state index is -1.07. The van der Waals surface area contributed by atoms with Gasteiger partial charge in [0.2, 0.25) is 5.78 Å². The van der Waals surface area contributed by atoms with Crippen molar-refractivity contribution in [3.8, 4) is 0 Å². The predicted molar refractivity (Wildman–Crippen MR) is 61.6 cm³/mol. The summed E-state index contributed by atoms with van der Waals surface area (Å²) in [5.41, 5.74) is -1.98. The first-order valence-corrected chi connectivity index (χ1v) is 5.79. The Hall–Kier alpha value is -0.320. The highest BCUT2D eigenvalue weighted by atomic mass is 35.5. The van der Waals surface area contributed by atoms with E-state index in [-0.39, 0.29) is 0 Å². The van der Waals surface area contributed by atoms with Gasteiger partial charge in [0, 0.05) is 0 Å². The van der Waals surface area contributed by atoms with Gasteiger partial charge in [-0.2, -0.15) is 0 Å². The van der Waals surface area contributed by atoms with Crippen molar-refractivity contribution < 1.29 is 9.59 Å². The van der Waals surface area contributed by atoms with Gasteiger partial charge in [0.25, 0.3) is 5.91 Å². The number of halogens is 2. The van der Waals surface area contributed by atoms with E-state index in [0.29, 0.717) is 0 Å². The molecule has 2 aliphatic heterocycles. The van der Waals surface area contributed by atoms with E-state index in [1.807, 2.05) is 0 Å². The van der Waals surface area contributed by atoms with E-state index in [9.17, 15) is 9.59 Å². The molecule has 0 spiro atoms.